The van der Waals surface area contributed by atoms with E-state index >= 15 is 0 Å². The van der Waals surface area contributed by atoms with Crippen molar-refractivity contribution in [2.75, 3.05) is 86.1 Å². The number of rotatable bonds is 27. The van der Waals surface area contributed by atoms with E-state index in [0.717, 1.165) is 0 Å². The Kier molecular flexibility index (Phi) is 23.3. The molecule has 0 saturated carbocycles. The quantitative estimate of drug-likeness (QED) is 0.0253. The van der Waals surface area contributed by atoms with Crippen molar-refractivity contribution in [3.8, 4) is 0 Å². The van der Waals surface area contributed by atoms with Crippen LogP contribution >= 0.6 is 0 Å². The van der Waals surface area contributed by atoms with Crippen molar-refractivity contribution in [1.82, 2.24) is 31.5 Å². The average molecular weight is 715 g/mol. The molecule has 1 aliphatic heterocycles. The summed E-state index contributed by atoms with van der Waals surface area (Å²) in [5, 5.41) is 16.2. The second kappa shape index (κ2) is 26.6. The molecule has 3 atom stereocenters. The van der Waals surface area contributed by atoms with E-state index in [1.807, 2.05) is 0 Å². The molecular formula is C30H54N10O10. The van der Waals surface area contributed by atoms with Gasteiger partial charge in [-0.15, -0.1) is 0 Å². The predicted octanol–water partition coefficient (Wildman–Crippen LogP) is -1.32. The second-order valence-corrected chi connectivity index (χ2v) is 11.5. The first kappa shape index (κ1) is 43.8. The molecule has 284 valence electrons. The monoisotopic (exact) mass is 714 g/mol. The molecule has 1 aliphatic rings. The summed E-state index contributed by atoms with van der Waals surface area (Å²) < 4.78 is 21.4. The summed E-state index contributed by atoms with van der Waals surface area (Å²) >= 11 is 0. The van der Waals surface area contributed by atoms with Gasteiger partial charge in [0.2, 0.25) is 29.5 Å². The van der Waals surface area contributed by atoms with Crippen LogP contribution in [0.25, 0.3) is 10.4 Å². The highest BCUT2D eigenvalue weighted by Gasteiger charge is 2.34. The molecule has 7 amide bonds. The van der Waals surface area contributed by atoms with Crippen LogP contribution in [0.15, 0.2) is 5.11 Å². The summed E-state index contributed by atoms with van der Waals surface area (Å²) in [4.78, 5) is 79.2. The molecule has 1 saturated heterocycles. The van der Waals surface area contributed by atoms with Crippen molar-refractivity contribution in [3.05, 3.63) is 10.4 Å². The van der Waals surface area contributed by atoms with Crippen LogP contribution in [0.5, 0.6) is 0 Å². The smallest absolute Gasteiger partial charge is 0.312 e. The lowest BCUT2D eigenvalue weighted by Crippen LogP contribution is -2.56. The molecule has 0 bridgehead atoms. The molecule has 20 heteroatoms. The number of amides is 7. The van der Waals surface area contributed by atoms with Crippen LogP contribution in [-0.2, 0) is 42.9 Å². The van der Waals surface area contributed by atoms with Crippen molar-refractivity contribution in [2.24, 2.45) is 16.8 Å². The largest absolute Gasteiger partial charge is 0.379 e. The highest BCUT2D eigenvalue weighted by atomic mass is 16.6. The van der Waals surface area contributed by atoms with Gasteiger partial charge in [0.1, 0.15) is 18.1 Å². The summed E-state index contributed by atoms with van der Waals surface area (Å²) in [6, 6.07) is -3.41. The number of azide groups is 1. The molecule has 0 spiro atoms. The van der Waals surface area contributed by atoms with Crippen LogP contribution in [-0.4, -0.2) is 145 Å². The van der Waals surface area contributed by atoms with Gasteiger partial charge in [-0.2, -0.15) is 0 Å². The van der Waals surface area contributed by atoms with E-state index in [-0.39, 0.29) is 63.9 Å². The van der Waals surface area contributed by atoms with E-state index in [0.29, 0.717) is 59.0 Å². The molecule has 1 fully saturated rings. The predicted molar refractivity (Wildman–Crippen MR) is 179 cm³/mol. The van der Waals surface area contributed by atoms with Gasteiger partial charge < -0.3 is 56.2 Å². The van der Waals surface area contributed by atoms with Crippen LogP contribution in [0.3, 0.4) is 0 Å². The minimum atomic E-state index is -1.09. The molecule has 1 heterocycles. The van der Waals surface area contributed by atoms with Crippen LogP contribution in [0, 0.1) is 5.92 Å². The summed E-state index contributed by atoms with van der Waals surface area (Å²) in [6.45, 7) is 6.34. The molecule has 1 unspecified atom stereocenters. The maximum atomic E-state index is 13.3. The third-order valence-electron chi connectivity index (χ3n) is 7.39. The minimum Gasteiger partial charge on any atom is -0.379 e. The van der Waals surface area contributed by atoms with Crippen molar-refractivity contribution in [1.29, 1.82) is 0 Å². The number of likely N-dealkylation sites (tertiary alicyclic amines) is 1. The molecule has 7 N–H and O–H groups in total. The van der Waals surface area contributed by atoms with Gasteiger partial charge in [0.25, 0.3) is 0 Å². The van der Waals surface area contributed by atoms with E-state index < -0.39 is 47.8 Å². The zero-order valence-electron chi connectivity index (χ0n) is 29.3. The lowest BCUT2D eigenvalue weighted by molar-refractivity contribution is -0.139. The number of nitrogens with one attached hydrogen (secondary N) is 5. The van der Waals surface area contributed by atoms with Crippen LogP contribution in [0.1, 0.15) is 46.0 Å². The fourth-order valence-electron chi connectivity index (χ4n) is 4.80. The van der Waals surface area contributed by atoms with E-state index in [2.05, 4.69) is 36.6 Å². The molecule has 1 rings (SSSR count). The maximum absolute atomic E-state index is 13.3. The van der Waals surface area contributed by atoms with Gasteiger partial charge in [-0.05, 0) is 37.1 Å². The lowest BCUT2D eigenvalue weighted by Gasteiger charge is -2.26. The summed E-state index contributed by atoms with van der Waals surface area (Å²) in [6.07, 6.45) is 1.54. The summed E-state index contributed by atoms with van der Waals surface area (Å²) in [5.74, 6) is -2.71. The highest BCUT2D eigenvalue weighted by molar-refractivity contribution is 5.94. The van der Waals surface area contributed by atoms with E-state index in [4.69, 9.17) is 30.2 Å². The van der Waals surface area contributed by atoms with Crippen LogP contribution in [0.2, 0.25) is 0 Å². The van der Waals surface area contributed by atoms with Gasteiger partial charge in [0, 0.05) is 38.0 Å². The number of nitrogens with two attached hydrogens (primary N) is 1. The van der Waals surface area contributed by atoms with Gasteiger partial charge in [-0.3, -0.25) is 24.0 Å². The number of primary amides is 1. The van der Waals surface area contributed by atoms with Gasteiger partial charge in [0.05, 0.1) is 59.4 Å². The summed E-state index contributed by atoms with van der Waals surface area (Å²) in [5.41, 5.74) is 13.3. The fraction of sp³-hybridized carbons (Fsp3) is 0.800. The van der Waals surface area contributed by atoms with Crippen molar-refractivity contribution >= 4 is 35.6 Å². The number of nitrogens with zero attached hydrogens (tertiary/aromatic N) is 4. The molecule has 20 nitrogen and oxygen atoms in total. The lowest BCUT2D eigenvalue weighted by atomic mass is 10.0. The number of urea groups is 1. The number of hydrogen-bond donors (Lipinski definition) is 6. The normalized spacial score (nSPS) is 15.0. The van der Waals surface area contributed by atoms with E-state index in [1.54, 1.807) is 13.8 Å². The Morgan fingerprint density at radius 1 is 0.900 bits per heavy atom. The topological polar surface area (TPSA) is 278 Å². The first-order chi connectivity index (χ1) is 24.0. The average Bonchev–Trinajstić information content (AvgIpc) is 3.58. The maximum Gasteiger partial charge on any atom is 0.312 e. The van der Waals surface area contributed by atoms with Gasteiger partial charge >= 0.3 is 6.03 Å². The molecule has 0 aromatic carbocycles. The van der Waals surface area contributed by atoms with Gasteiger partial charge in [-0.25, -0.2) is 4.79 Å². The number of likely N-dealkylation sites (N-methyl/N-ethyl adjacent to an activating group) is 1. The number of hydrogen-bond acceptors (Lipinski definition) is 11. The van der Waals surface area contributed by atoms with Crippen molar-refractivity contribution in [2.45, 2.75) is 64.1 Å². The highest BCUT2D eigenvalue weighted by Crippen LogP contribution is 2.17. The molecule has 0 radical (unpaired) electrons. The fourth-order valence-corrected chi connectivity index (χ4v) is 4.80. The molecule has 0 aromatic rings. The standard InChI is InChI=1S/C30H54N10O10/c1-21(2)26(38-24(41)8-12-47-14-16-49-18-19-50-17-15-48-13-10-36-39-32)29(45)37-22(6-4-9-34-30(31)46)27(43)35-20-25(42)40-11-5-7-23(40)28(44)33-3/h21-23,26H,4-20H2,1-3H3,(H,33,44)(H,35,43)(H,37,45)(H,38,41)(H3,31,34,46)/t22-,23-,26?/m0/s1. The number of carbonyl (C=O) groups excluding carboxylic acids is 6. The Balaban J connectivity index is 2.51. The zero-order chi connectivity index (χ0) is 37.1. The number of ether oxygens (including phenoxy) is 4. The molecular weight excluding hydrogens is 660 g/mol. The molecule has 0 aromatic heterocycles. The number of carbonyl (C=O) groups is 6. The molecule has 50 heavy (non-hydrogen) atoms. The SMILES string of the molecule is CNC(=O)[C@@H]1CCCN1C(=O)CNC(=O)[C@H](CCCNC(N)=O)NC(=O)C(NC(=O)CCOCCOCCOCCOCCN=[N+]=[N-])C(C)C. The third-order valence-corrected chi connectivity index (χ3v) is 7.39. The Bertz CT molecular complexity index is 1120. The van der Waals surface area contributed by atoms with Gasteiger partial charge in [-0.1, -0.05) is 19.0 Å². The summed E-state index contributed by atoms with van der Waals surface area (Å²) in [7, 11) is 1.49. The zero-order valence-corrected chi connectivity index (χ0v) is 29.3. The minimum absolute atomic E-state index is 0.0162. The van der Waals surface area contributed by atoms with E-state index in [9.17, 15) is 28.8 Å². The molecule has 0 aliphatic carbocycles. The first-order valence-electron chi connectivity index (χ1n) is 16.7. The Labute approximate surface area is 292 Å². The van der Waals surface area contributed by atoms with Crippen LogP contribution < -0.4 is 32.3 Å². The van der Waals surface area contributed by atoms with Crippen molar-refractivity contribution < 1.29 is 47.7 Å². The Morgan fingerprint density at radius 2 is 1.52 bits per heavy atom. The first-order valence-corrected chi connectivity index (χ1v) is 16.7. The van der Waals surface area contributed by atoms with Gasteiger partial charge in [0.15, 0.2) is 0 Å². The van der Waals surface area contributed by atoms with Crippen molar-refractivity contribution in [3.63, 3.8) is 0 Å². The third kappa shape index (κ3) is 19.1. The van der Waals surface area contributed by atoms with E-state index in [1.165, 1.54) is 11.9 Å². The Hall–Kier alpha value is -4.23. The van der Waals surface area contributed by atoms with Crippen LogP contribution in [0.4, 0.5) is 4.79 Å². The second-order valence-electron chi connectivity index (χ2n) is 11.5. The Morgan fingerprint density at radius 3 is 2.10 bits per heavy atom.